The van der Waals surface area contributed by atoms with Crippen molar-refractivity contribution < 1.29 is 33.0 Å². The summed E-state index contributed by atoms with van der Waals surface area (Å²) in [5.74, 6) is -1.86. The summed E-state index contributed by atoms with van der Waals surface area (Å²) in [5, 5.41) is 5.31. The van der Waals surface area contributed by atoms with Crippen molar-refractivity contribution in [1.29, 1.82) is 0 Å². The number of hydrogen-bond acceptors (Lipinski definition) is 7. The molecule has 0 aliphatic carbocycles. The quantitative estimate of drug-likeness (QED) is 0.491. The summed E-state index contributed by atoms with van der Waals surface area (Å²) in [5.41, 5.74) is 0.461. The second-order valence-electron chi connectivity index (χ2n) is 6.71. The molecular formula is C23H21FN2O6S. The van der Waals surface area contributed by atoms with Crippen LogP contribution in [0.25, 0.3) is 0 Å². The van der Waals surface area contributed by atoms with Crippen LogP contribution in [0.2, 0.25) is 0 Å². The van der Waals surface area contributed by atoms with Gasteiger partial charge in [-0.25, -0.2) is 9.18 Å². The molecule has 0 bridgehead atoms. The van der Waals surface area contributed by atoms with E-state index in [4.69, 9.17) is 14.2 Å². The lowest BCUT2D eigenvalue weighted by Crippen LogP contribution is -2.15. The third-order valence-corrected chi connectivity index (χ3v) is 5.95. The molecule has 0 saturated carbocycles. The van der Waals surface area contributed by atoms with Gasteiger partial charge in [0.1, 0.15) is 22.3 Å². The predicted molar refractivity (Wildman–Crippen MR) is 122 cm³/mol. The zero-order chi connectivity index (χ0) is 24.1. The highest BCUT2D eigenvalue weighted by molar-refractivity contribution is 7.19. The Balaban J connectivity index is 1.98. The number of methoxy groups -OCH3 is 3. The first-order valence-electron chi connectivity index (χ1n) is 9.61. The smallest absolute Gasteiger partial charge is 0.341 e. The number of nitrogens with one attached hydrogen (secondary N) is 2. The summed E-state index contributed by atoms with van der Waals surface area (Å²) in [6.07, 6.45) is 0. The van der Waals surface area contributed by atoms with Crippen molar-refractivity contribution in [1.82, 2.24) is 0 Å². The third-order valence-electron chi connectivity index (χ3n) is 4.74. The van der Waals surface area contributed by atoms with Gasteiger partial charge in [-0.15, -0.1) is 11.3 Å². The van der Waals surface area contributed by atoms with Crippen LogP contribution >= 0.6 is 11.3 Å². The van der Waals surface area contributed by atoms with Crippen LogP contribution in [0.4, 0.5) is 15.1 Å². The van der Waals surface area contributed by atoms with Crippen molar-refractivity contribution in [3.63, 3.8) is 0 Å². The van der Waals surface area contributed by atoms with E-state index in [-0.39, 0.29) is 21.0 Å². The van der Waals surface area contributed by atoms with Gasteiger partial charge >= 0.3 is 5.97 Å². The van der Waals surface area contributed by atoms with E-state index in [1.807, 2.05) is 0 Å². The SMILES string of the molecule is COC(=O)c1c(NC(=O)c2ccccc2F)sc(C(=O)Nc2cc(OC)ccc2OC)c1C. The number of hydrogen-bond donors (Lipinski definition) is 2. The number of anilines is 2. The molecule has 3 rings (SSSR count). The maximum atomic E-state index is 14.0. The lowest BCUT2D eigenvalue weighted by Gasteiger charge is -2.11. The number of benzene rings is 2. The zero-order valence-electron chi connectivity index (χ0n) is 18.3. The van der Waals surface area contributed by atoms with Crippen LogP contribution in [0.3, 0.4) is 0 Å². The molecule has 0 aliphatic heterocycles. The van der Waals surface area contributed by atoms with Gasteiger partial charge in [0.05, 0.1) is 43.0 Å². The molecule has 0 atom stereocenters. The van der Waals surface area contributed by atoms with Crippen LogP contribution in [0, 0.1) is 12.7 Å². The number of halogens is 1. The van der Waals surface area contributed by atoms with Crippen LogP contribution < -0.4 is 20.1 Å². The van der Waals surface area contributed by atoms with Gasteiger partial charge in [-0.2, -0.15) is 0 Å². The van der Waals surface area contributed by atoms with Crippen molar-refractivity contribution in [3.05, 3.63) is 69.8 Å². The van der Waals surface area contributed by atoms with Crippen molar-refractivity contribution in [2.24, 2.45) is 0 Å². The summed E-state index contributed by atoms with van der Waals surface area (Å²) in [7, 11) is 4.13. The Morgan fingerprint density at radius 2 is 1.67 bits per heavy atom. The number of esters is 1. The number of ether oxygens (including phenoxy) is 3. The second-order valence-corrected chi connectivity index (χ2v) is 7.73. The summed E-state index contributed by atoms with van der Waals surface area (Å²) in [4.78, 5) is 38.2. The van der Waals surface area contributed by atoms with Gasteiger partial charge in [0.15, 0.2) is 0 Å². The highest BCUT2D eigenvalue weighted by Crippen LogP contribution is 2.36. The Hall–Kier alpha value is -3.92. The summed E-state index contributed by atoms with van der Waals surface area (Å²) in [6.45, 7) is 1.55. The molecule has 172 valence electrons. The Kier molecular flexibility index (Phi) is 7.29. The minimum absolute atomic E-state index is 0.00921. The van der Waals surface area contributed by atoms with Crippen molar-refractivity contribution in [2.75, 3.05) is 32.0 Å². The van der Waals surface area contributed by atoms with Gasteiger partial charge in [-0.05, 0) is 36.8 Å². The van der Waals surface area contributed by atoms with E-state index in [1.165, 1.54) is 39.5 Å². The van der Waals surface area contributed by atoms with Crippen molar-refractivity contribution >= 4 is 39.8 Å². The molecule has 2 N–H and O–H groups in total. The highest BCUT2D eigenvalue weighted by atomic mass is 32.1. The molecule has 2 amide bonds. The molecule has 0 unspecified atom stereocenters. The maximum absolute atomic E-state index is 14.0. The normalized spacial score (nSPS) is 10.3. The molecule has 2 aromatic carbocycles. The Labute approximate surface area is 193 Å². The van der Waals surface area contributed by atoms with E-state index in [1.54, 1.807) is 25.1 Å². The van der Waals surface area contributed by atoms with E-state index in [9.17, 15) is 18.8 Å². The molecule has 33 heavy (non-hydrogen) atoms. The fourth-order valence-corrected chi connectivity index (χ4v) is 4.16. The van der Waals surface area contributed by atoms with E-state index >= 15 is 0 Å². The lowest BCUT2D eigenvalue weighted by molar-refractivity contribution is 0.0601. The molecule has 0 spiro atoms. The number of amides is 2. The fraction of sp³-hybridized carbons (Fsp3) is 0.174. The standard InChI is InChI=1S/C23H21FN2O6S/c1-12-18(23(29)32-4)22(26-20(27)14-7-5-6-8-15(14)24)33-19(12)21(28)25-16-11-13(30-2)9-10-17(16)31-3/h5-11H,1-4H3,(H,25,28)(H,26,27). The average molecular weight is 472 g/mol. The van der Waals surface area contributed by atoms with Gasteiger partial charge in [0.2, 0.25) is 0 Å². The molecule has 3 aromatic rings. The average Bonchev–Trinajstić information content (AvgIpc) is 3.14. The predicted octanol–water partition coefficient (Wildman–Crippen LogP) is 4.50. The van der Waals surface area contributed by atoms with E-state index < -0.39 is 23.6 Å². The largest absolute Gasteiger partial charge is 0.497 e. The van der Waals surface area contributed by atoms with Crippen LogP contribution in [0.1, 0.15) is 36.0 Å². The van der Waals surface area contributed by atoms with Gasteiger partial charge in [-0.3, -0.25) is 9.59 Å². The number of carbonyl (C=O) groups is 3. The molecule has 0 radical (unpaired) electrons. The minimum atomic E-state index is -0.763. The highest BCUT2D eigenvalue weighted by Gasteiger charge is 2.27. The van der Waals surface area contributed by atoms with E-state index in [0.29, 0.717) is 22.7 Å². The first kappa shape index (κ1) is 23.7. The first-order chi connectivity index (χ1) is 15.8. The number of carbonyl (C=O) groups excluding carboxylic acids is 3. The summed E-state index contributed by atoms with van der Waals surface area (Å²) >= 11 is 0.870. The Morgan fingerprint density at radius 1 is 0.939 bits per heavy atom. The van der Waals surface area contributed by atoms with Gasteiger partial charge in [-0.1, -0.05) is 12.1 Å². The van der Waals surface area contributed by atoms with E-state index in [2.05, 4.69) is 10.6 Å². The molecule has 8 nitrogen and oxygen atoms in total. The number of thiophene rings is 1. The molecular weight excluding hydrogens is 451 g/mol. The Morgan fingerprint density at radius 3 is 2.30 bits per heavy atom. The molecule has 0 fully saturated rings. The zero-order valence-corrected chi connectivity index (χ0v) is 19.1. The van der Waals surface area contributed by atoms with Crippen molar-refractivity contribution in [3.8, 4) is 11.5 Å². The van der Waals surface area contributed by atoms with Crippen LogP contribution in [-0.4, -0.2) is 39.1 Å². The molecule has 0 saturated heterocycles. The van der Waals surface area contributed by atoms with Crippen LogP contribution in [0.15, 0.2) is 42.5 Å². The van der Waals surface area contributed by atoms with Gasteiger partial charge in [0, 0.05) is 6.07 Å². The van der Waals surface area contributed by atoms with E-state index in [0.717, 1.165) is 17.4 Å². The summed E-state index contributed by atoms with van der Waals surface area (Å²) < 4.78 is 29.3. The Bertz CT molecular complexity index is 1220. The topological polar surface area (TPSA) is 103 Å². The molecule has 1 aromatic heterocycles. The third kappa shape index (κ3) is 4.96. The molecule has 10 heteroatoms. The second kappa shape index (κ2) is 10.1. The summed E-state index contributed by atoms with van der Waals surface area (Å²) in [6, 6.07) is 10.3. The lowest BCUT2D eigenvalue weighted by atomic mass is 10.1. The van der Waals surface area contributed by atoms with Gasteiger partial charge in [0.25, 0.3) is 11.8 Å². The van der Waals surface area contributed by atoms with Crippen LogP contribution in [-0.2, 0) is 4.74 Å². The minimum Gasteiger partial charge on any atom is -0.497 e. The monoisotopic (exact) mass is 472 g/mol. The first-order valence-corrected chi connectivity index (χ1v) is 10.4. The molecule has 1 heterocycles. The maximum Gasteiger partial charge on any atom is 0.341 e. The van der Waals surface area contributed by atoms with Crippen LogP contribution in [0.5, 0.6) is 11.5 Å². The number of rotatable bonds is 7. The molecule has 0 aliphatic rings. The van der Waals surface area contributed by atoms with Crippen molar-refractivity contribution in [2.45, 2.75) is 6.92 Å². The fourth-order valence-electron chi connectivity index (χ4n) is 3.07. The van der Waals surface area contributed by atoms with Gasteiger partial charge < -0.3 is 24.8 Å².